The highest BCUT2D eigenvalue weighted by Crippen LogP contribution is 2.39. The van der Waals surface area contributed by atoms with E-state index < -0.39 is 46.3 Å². The molecule has 1 aliphatic heterocycles. The van der Waals surface area contributed by atoms with E-state index in [9.17, 15) is 35.9 Å². The molecule has 1 N–H and O–H groups in total. The van der Waals surface area contributed by atoms with Crippen molar-refractivity contribution in [1.29, 1.82) is 0 Å². The van der Waals surface area contributed by atoms with Crippen LogP contribution in [0.25, 0.3) is 11.1 Å². The topological polar surface area (TPSA) is 70.5 Å². The molecule has 1 saturated heterocycles. The SMILES string of the molecule is C=C1CN(c2cc(F)c(-c3cncc(C(F)(F)F)c3)cc2NC(=O)c2cn(C)c(=O)cc2C(F)(F)F)C[C@@H](C)N1C. The number of pyridine rings is 2. The molecule has 0 spiro atoms. The lowest BCUT2D eigenvalue weighted by Gasteiger charge is -2.42. The molecule has 3 aromatic rings. The number of amides is 1. The second-order valence-electron chi connectivity index (χ2n) is 9.72. The van der Waals surface area contributed by atoms with Crippen LogP contribution in [0.4, 0.5) is 42.1 Å². The number of alkyl halides is 6. The minimum absolute atomic E-state index is 0.0685. The van der Waals surface area contributed by atoms with Crippen LogP contribution >= 0.6 is 0 Å². The van der Waals surface area contributed by atoms with Crippen molar-refractivity contribution in [1.82, 2.24) is 14.5 Å². The third kappa shape index (κ3) is 6.05. The molecule has 218 valence electrons. The normalized spacial score (nSPS) is 16.2. The van der Waals surface area contributed by atoms with Crippen LogP contribution in [-0.2, 0) is 19.4 Å². The zero-order chi connectivity index (χ0) is 30.4. The van der Waals surface area contributed by atoms with Gasteiger partial charge in [-0.2, -0.15) is 26.3 Å². The molecule has 7 nitrogen and oxygen atoms in total. The zero-order valence-electron chi connectivity index (χ0n) is 22.0. The van der Waals surface area contributed by atoms with Gasteiger partial charge in [-0.05, 0) is 25.1 Å². The third-order valence-electron chi connectivity index (χ3n) is 6.85. The first-order valence-electron chi connectivity index (χ1n) is 12.1. The molecule has 2 aromatic heterocycles. The largest absolute Gasteiger partial charge is 0.417 e. The molecule has 0 aliphatic carbocycles. The Labute approximate surface area is 229 Å². The van der Waals surface area contributed by atoms with Crippen LogP contribution in [0.2, 0.25) is 0 Å². The number of hydrogen-bond acceptors (Lipinski definition) is 5. The highest BCUT2D eigenvalue weighted by molar-refractivity contribution is 6.07. The third-order valence-corrected chi connectivity index (χ3v) is 6.85. The lowest BCUT2D eigenvalue weighted by atomic mass is 10.0. The molecule has 0 unspecified atom stereocenters. The molecule has 1 aromatic carbocycles. The number of hydrogen-bond donors (Lipinski definition) is 1. The first-order chi connectivity index (χ1) is 19.0. The van der Waals surface area contributed by atoms with Crippen molar-refractivity contribution < 1.29 is 35.5 Å². The first kappa shape index (κ1) is 29.6. The lowest BCUT2D eigenvalue weighted by Crippen LogP contribution is -2.48. The standard InChI is InChI=1S/C27H24F7N5O2/c1-14-11-39(12-15(2)38(14)4)23-8-21(28)18(16-5-17(10-35-9-16)26(29,30)31)6-22(23)36-25(41)19-13-37(3)24(40)7-20(19)27(32,33)34/h5-10,13,15H,1,11-12H2,2-4H3,(H,36,41)/t15-/m1/s1. The number of aromatic nitrogens is 2. The molecule has 4 rings (SSSR count). The Morgan fingerprint density at radius 2 is 1.73 bits per heavy atom. The molecule has 1 aliphatic rings. The highest BCUT2D eigenvalue weighted by Gasteiger charge is 2.37. The van der Waals surface area contributed by atoms with Crippen LogP contribution in [0, 0.1) is 5.82 Å². The number of carbonyl (C=O) groups excluding carboxylic acids is 1. The Kier molecular flexibility index (Phi) is 7.63. The molecule has 1 fully saturated rings. The molecular weight excluding hydrogens is 559 g/mol. The Balaban J connectivity index is 1.87. The Hall–Kier alpha value is -4.36. The number of likely N-dealkylation sites (N-methyl/N-ethyl adjacent to an activating group) is 1. The van der Waals surface area contributed by atoms with E-state index in [1.165, 1.54) is 7.05 Å². The molecule has 41 heavy (non-hydrogen) atoms. The summed E-state index contributed by atoms with van der Waals surface area (Å²) in [6.45, 7) is 6.29. The van der Waals surface area contributed by atoms with E-state index in [1.807, 2.05) is 11.8 Å². The van der Waals surface area contributed by atoms with Gasteiger partial charge in [0, 0.05) is 68.2 Å². The van der Waals surface area contributed by atoms with Crippen molar-refractivity contribution >= 4 is 17.3 Å². The number of carbonyl (C=O) groups is 1. The van der Waals surface area contributed by atoms with Crippen LogP contribution < -0.4 is 15.8 Å². The Bertz CT molecular complexity index is 1580. The van der Waals surface area contributed by atoms with Crippen LogP contribution in [0.3, 0.4) is 0 Å². The average Bonchev–Trinajstić information content (AvgIpc) is 2.88. The van der Waals surface area contributed by atoms with Crippen LogP contribution in [-0.4, -0.2) is 46.5 Å². The van der Waals surface area contributed by atoms with Gasteiger partial charge < -0.3 is 19.7 Å². The summed E-state index contributed by atoms with van der Waals surface area (Å²) < 4.78 is 97.4. The molecule has 1 amide bonds. The van der Waals surface area contributed by atoms with Crippen molar-refractivity contribution in [3.8, 4) is 11.1 Å². The molecule has 0 saturated carbocycles. The van der Waals surface area contributed by atoms with Gasteiger partial charge in [-0.1, -0.05) is 6.58 Å². The van der Waals surface area contributed by atoms with Crippen LogP contribution in [0.5, 0.6) is 0 Å². The fourth-order valence-corrected chi connectivity index (χ4v) is 4.46. The minimum atomic E-state index is -5.05. The predicted octanol–water partition coefficient (Wildman–Crippen LogP) is 5.53. The van der Waals surface area contributed by atoms with E-state index in [4.69, 9.17) is 0 Å². The van der Waals surface area contributed by atoms with Crippen LogP contribution in [0.15, 0.2) is 59.9 Å². The van der Waals surface area contributed by atoms with Gasteiger partial charge in [0.15, 0.2) is 0 Å². The van der Waals surface area contributed by atoms with Crippen molar-refractivity contribution in [2.75, 3.05) is 30.4 Å². The zero-order valence-corrected chi connectivity index (χ0v) is 22.0. The van der Waals surface area contributed by atoms with Crippen molar-refractivity contribution in [2.24, 2.45) is 7.05 Å². The average molecular weight is 584 g/mol. The van der Waals surface area contributed by atoms with Gasteiger partial charge in [0.05, 0.1) is 34.6 Å². The van der Waals surface area contributed by atoms with Gasteiger partial charge in [0.25, 0.3) is 11.5 Å². The summed E-state index contributed by atoms with van der Waals surface area (Å²) in [5, 5.41) is 2.36. The summed E-state index contributed by atoms with van der Waals surface area (Å²) in [4.78, 5) is 32.2. The first-order valence-corrected chi connectivity index (χ1v) is 12.1. The fraction of sp³-hybridized carbons (Fsp3) is 0.296. The number of aryl methyl sites for hydroxylation is 1. The van der Waals surface area contributed by atoms with Gasteiger partial charge >= 0.3 is 12.4 Å². The maximum atomic E-state index is 15.5. The monoisotopic (exact) mass is 583 g/mol. The van der Waals surface area contributed by atoms with Crippen LogP contribution in [0.1, 0.15) is 28.4 Å². The maximum absolute atomic E-state index is 15.5. The maximum Gasteiger partial charge on any atom is 0.417 e. The van der Waals surface area contributed by atoms with Crippen molar-refractivity contribution in [3.05, 3.63) is 88.0 Å². The minimum Gasteiger partial charge on any atom is -0.372 e. The smallest absolute Gasteiger partial charge is 0.372 e. The predicted molar refractivity (Wildman–Crippen MR) is 138 cm³/mol. The fourth-order valence-electron chi connectivity index (χ4n) is 4.46. The number of halogens is 7. The lowest BCUT2D eigenvalue weighted by molar-refractivity contribution is -0.138. The van der Waals surface area contributed by atoms with Crippen molar-refractivity contribution in [2.45, 2.75) is 25.3 Å². The summed E-state index contributed by atoms with van der Waals surface area (Å²) >= 11 is 0. The summed E-state index contributed by atoms with van der Waals surface area (Å²) in [5.74, 6) is -2.22. The second-order valence-corrected chi connectivity index (χ2v) is 9.72. The highest BCUT2D eigenvalue weighted by atomic mass is 19.4. The molecule has 0 bridgehead atoms. The molecule has 0 radical (unpaired) electrons. The molecule has 14 heteroatoms. The number of anilines is 2. The van der Waals surface area contributed by atoms with E-state index in [0.29, 0.717) is 24.5 Å². The second kappa shape index (κ2) is 10.6. The Morgan fingerprint density at radius 1 is 1.05 bits per heavy atom. The number of nitrogens with zero attached hydrogens (tertiary/aromatic N) is 4. The number of rotatable bonds is 4. The summed E-state index contributed by atoms with van der Waals surface area (Å²) in [6, 6.07) is 2.86. The summed E-state index contributed by atoms with van der Waals surface area (Å²) in [7, 11) is 2.97. The summed E-state index contributed by atoms with van der Waals surface area (Å²) in [5.41, 5.74) is -4.62. The van der Waals surface area contributed by atoms with Gasteiger partial charge in [0.2, 0.25) is 0 Å². The quantitative estimate of drug-likeness (QED) is 0.409. The Morgan fingerprint density at radius 3 is 2.34 bits per heavy atom. The van der Waals surface area contributed by atoms with Gasteiger partial charge in [0.1, 0.15) is 5.82 Å². The van der Waals surface area contributed by atoms with E-state index in [-0.39, 0.29) is 41.2 Å². The summed E-state index contributed by atoms with van der Waals surface area (Å²) in [6.07, 6.45) is -7.54. The molecule has 1 atom stereocenters. The number of benzene rings is 1. The number of piperazine rings is 1. The molecular formula is C27H24F7N5O2. The van der Waals surface area contributed by atoms with E-state index in [2.05, 4.69) is 16.9 Å². The van der Waals surface area contributed by atoms with Gasteiger partial charge in [-0.25, -0.2) is 4.39 Å². The van der Waals surface area contributed by atoms with E-state index in [0.717, 1.165) is 29.1 Å². The number of nitrogens with one attached hydrogen (secondary N) is 1. The van der Waals surface area contributed by atoms with E-state index >= 15 is 4.39 Å². The van der Waals surface area contributed by atoms with Gasteiger partial charge in [-0.3, -0.25) is 14.6 Å². The van der Waals surface area contributed by atoms with E-state index in [1.54, 1.807) is 11.9 Å². The molecule has 3 heterocycles. The van der Waals surface area contributed by atoms with Crippen molar-refractivity contribution in [3.63, 3.8) is 0 Å². The van der Waals surface area contributed by atoms with Gasteiger partial charge in [-0.15, -0.1) is 0 Å².